The summed E-state index contributed by atoms with van der Waals surface area (Å²) in [5, 5.41) is 2.57. The van der Waals surface area contributed by atoms with Gasteiger partial charge in [-0.05, 0) is 24.3 Å². The Bertz CT molecular complexity index is 484. The zero-order valence-corrected chi connectivity index (χ0v) is 10.7. The van der Waals surface area contributed by atoms with Crippen molar-refractivity contribution in [1.82, 2.24) is 5.32 Å². The molecular weight excluding hydrogens is 266 g/mol. The van der Waals surface area contributed by atoms with E-state index in [-0.39, 0.29) is 10.8 Å². The van der Waals surface area contributed by atoms with E-state index in [2.05, 4.69) is 5.32 Å². The van der Waals surface area contributed by atoms with E-state index in [1.807, 2.05) is 0 Å². The van der Waals surface area contributed by atoms with Crippen LogP contribution in [0.3, 0.4) is 0 Å². The lowest BCUT2D eigenvalue weighted by Gasteiger charge is -2.06. The first kappa shape index (κ1) is 13.8. The zero-order chi connectivity index (χ0) is 12.9. The number of amides is 1. The summed E-state index contributed by atoms with van der Waals surface area (Å²) in [6.45, 7) is 2.12. The van der Waals surface area contributed by atoms with Crippen LogP contribution in [0.15, 0.2) is 29.2 Å². The molecule has 0 saturated carbocycles. The van der Waals surface area contributed by atoms with Gasteiger partial charge in [0.25, 0.3) is 9.05 Å². The molecule has 0 atom stereocenters. The van der Waals surface area contributed by atoms with Gasteiger partial charge < -0.3 is 10.1 Å². The van der Waals surface area contributed by atoms with Crippen molar-refractivity contribution in [2.75, 3.05) is 13.2 Å². The highest BCUT2D eigenvalue weighted by molar-refractivity contribution is 8.13. The summed E-state index contributed by atoms with van der Waals surface area (Å²) in [5.74, 6) is 0.386. The number of halogens is 1. The molecule has 5 nitrogen and oxygen atoms in total. The molecule has 0 spiro atoms. The summed E-state index contributed by atoms with van der Waals surface area (Å²) >= 11 is 0. The fraction of sp³-hybridized carbons (Fsp3) is 0.300. The smallest absolute Gasteiger partial charge is 0.261 e. The SMILES string of the molecule is CC(=O)NCCOc1ccc(S(=O)(=O)Cl)cc1. The van der Waals surface area contributed by atoms with Gasteiger partial charge in [-0.3, -0.25) is 4.79 Å². The summed E-state index contributed by atoms with van der Waals surface area (Å²) in [7, 11) is 1.46. The standard InChI is InChI=1S/C10H12ClNO4S/c1-8(13)12-6-7-16-9-2-4-10(5-3-9)17(11,14)15/h2-5H,6-7H2,1H3,(H,12,13). The Kier molecular flexibility index (Phi) is 4.77. The van der Waals surface area contributed by atoms with E-state index in [1.54, 1.807) is 0 Å². The summed E-state index contributed by atoms with van der Waals surface area (Å²) in [6, 6.07) is 5.72. The molecule has 0 aliphatic carbocycles. The number of hydrogen-bond donors (Lipinski definition) is 1. The van der Waals surface area contributed by atoms with Crippen LogP contribution >= 0.6 is 10.7 Å². The first-order valence-corrected chi connectivity index (χ1v) is 7.12. The minimum absolute atomic E-state index is 0.0216. The maximum atomic E-state index is 11.0. The summed E-state index contributed by atoms with van der Waals surface area (Å²) in [6.07, 6.45) is 0. The van der Waals surface area contributed by atoms with E-state index >= 15 is 0 Å². The Balaban J connectivity index is 2.49. The number of hydrogen-bond acceptors (Lipinski definition) is 4. The molecule has 0 unspecified atom stereocenters. The number of nitrogens with one attached hydrogen (secondary N) is 1. The number of ether oxygens (including phenoxy) is 1. The largest absolute Gasteiger partial charge is 0.492 e. The second-order valence-corrected chi connectivity index (χ2v) is 5.81. The van der Waals surface area contributed by atoms with Gasteiger partial charge in [-0.2, -0.15) is 0 Å². The molecule has 1 N–H and O–H groups in total. The van der Waals surface area contributed by atoms with Gasteiger partial charge in [0.05, 0.1) is 11.4 Å². The van der Waals surface area contributed by atoms with Gasteiger partial charge in [-0.25, -0.2) is 8.42 Å². The average Bonchev–Trinajstić information content (AvgIpc) is 2.23. The van der Waals surface area contributed by atoms with Crippen molar-refractivity contribution in [2.24, 2.45) is 0 Å². The van der Waals surface area contributed by atoms with Crippen LogP contribution in [0.2, 0.25) is 0 Å². The van der Waals surface area contributed by atoms with E-state index in [9.17, 15) is 13.2 Å². The second kappa shape index (κ2) is 5.88. The highest BCUT2D eigenvalue weighted by atomic mass is 35.7. The van der Waals surface area contributed by atoms with Crippen molar-refractivity contribution in [2.45, 2.75) is 11.8 Å². The molecule has 1 rings (SSSR count). The highest BCUT2D eigenvalue weighted by Gasteiger charge is 2.08. The fourth-order valence-corrected chi connectivity index (χ4v) is 1.86. The lowest BCUT2D eigenvalue weighted by Crippen LogP contribution is -2.25. The van der Waals surface area contributed by atoms with Gasteiger partial charge in [0, 0.05) is 17.6 Å². The van der Waals surface area contributed by atoms with Crippen molar-refractivity contribution in [1.29, 1.82) is 0 Å². The Morgan fingerprint density at radius 2 is 1.94 bits per heavy atom. The average molecular weight is 278 g/mol. The normalized spacial score (nSPS) is 10.9. The Morgan fingerprint density at radius 1 is 1.35 bits per heavy atom. The molecule has 94 valence electrons. The molecule has 0 aliphatic heterocycles. The molecular formula is C10H12ClNO4S. The van der Waals surface area contributed by atoms with Crippen molar-refractivity contribution in [3.8, 4) is 5.75 Å². The lowest BCUT2D eigenvalue weighted by atomic mass is 10.3. The molecule has 0 bridgehead atoms. The lowest BCUT2D eigenvalue weighted by molar-refractivity contribution is -0.119. The Morgan fingerprint density at radius 3 is 2.41 bits per heavy atom. The number of benzene rings is 1. The molecule has 7 heteroatoms. The summed E-state index contributed by atoms with van der Waals surface area (Å²) < 4.78 is 27.2. The third-order valence-corrected chi connectivity index (χ3v) is 3.22. The van der Waals surface area contributed by atoms with Crippen LogP contribution in [0.25, 0.3) is 0 Å². The second-order valence-electron chi connectivity index (χ2n) is 3.24. The zero-order valence-electron chi connectivity index (χ0n) is 9.14. The molecule has 0 heterocycles. The van der Waals surface area contributed by atoms with Crippen LogP contribution < -0.4 is 10.1 Å². The Labute approximate surface area is 104 Å². The molecule has 0 aromatic heterocycles. The van der Waals surface area contributed by atoms with Gasteiger partial charge in [0.2, 0.25) is 5.91 Å². The van der Waals surface area contributed by atoms with Crippen LogP contribution in [0.1, 0.15) is 6.92 Å². The van der Waals surface area contributed by atoms with Crippen LogP contribution in [0.4, 0.5) is 0 Å². The van der Waals surface area contributed by atoms with E-state index in [0.29, 0.717) is 18.9 Å². The quantitative estimate of drug-likeness (QED) is 0.647. The van der Waals surface area contributed by atoms with Gasteiger partial charge in [0.1, 0.15) is 12.4 Å². The Hall–Kier alpha value is -1.27. The third kappa shape index (κ3) is 5.06. The van der Waals surface area contributed by atoms with Crippen molar-refractivity contribution >= 4 is 25.6 Å². The van der Waals surface area contributed by atoms with E-state index in [0.717, 1.165) is 0 Å². The molecule has 0 aliphatic rings. The van der Waals surface area contributed by atoms with E-state index in [4.69, 9.17) is 15.4 Å². The predicted molar refractivity (Wildman–Crippen MR) is 63.7 cm³/mol. The van der Waals surface area contributed by atoms with Gasteiger partial charge in [-0.15, -0.1) is 0 Å². The van der Waals surface area contributed by atoms with Crippen molar-refractivity contribution in [3.63, 3.8) is 0 Å². The highest BCUT2D eigenvalue weighted by Crippen LogP contribution is 2.18. The molecule has 0 fully saturated rings. The van der Waals surface area contributed by atoms with E-state index < -0.39 is 9.05 Å². The van der Waals surface area contributed by atoms with Gasteiger partial charge in [0.15, 0.2) is 0 Å². The molecule has 0 radical (unpaired) electrons. The fourth-order valence-electron chi connectivity index (χ4n) is 1.09. The first-order chi connectivity index (χ1) is 7.89. The van der Waals surface area contributed by atoms with Crippen LogP contribution in [-0.4, -0.2) is 27.5 Å². The maximum absolute atomic E-state index is 11.0. The van der Waals surface area contributed by atoms with Crippen LogP contribution in [-0.2, 0) is 13.8 Å². The number of rotatable bonds is 5. The van der Waals surface area contributed by atoms with Crippen LogP contribution in [0, 0.1) is 0 Å². The number of carbonyl (C=O) groups is 1. The van der Waals surface area contributed by atoms with Gasteiger partial charge in [-0.1, -0.05) is 0 Å². The molecule has 17 heavy (non-hydrogen) atoms. The minimum Gasteiger partial charge on any atom is -0.492 e. The third-order valence-electron chi connectivity index (χ3n) is 1.85. The van der Waals surface area contributed by atoms with Crippen molar-refractivity contribution in [3.05, 3.63) is 24.3 Å². The van der Waals surface area contributed by atoms with Gasteiger partial charge >= 0.3 is 0 Å². The topological polar surface area (TPSA) is 72.5 Å². The summed E-state index contributed by atoms with van der Waals surface area (Å²) in [5.41, 5.74) is 0. The molecule has 1 aromatic rings. The van der Waals surface area contributed by atoms with Crippen LogP contribution in [0.5, 0.6) is 5.75 Å². The first-order valence-electron chi connectivity index (χ1n) is 4.81. The molecule has 1 amide bonds. The summed E-state index contributed by atoms with van der Waals surface area (Å²) in [4.78, 5) is 10.6. The number of carbonyl (C=O) groups excluding carboxylic acids is 1. The maximum Gasteiger partial charge on any atom is 0.261 e. The minimum atomic E-state index is -3.70. The predicted octanol–water partition coefficient (Wildman–Crippen LogP) is 1.13. The molecule has 0 saturated heterocycles. The van der Waals surface area contributed by atoms with Crippen molar-refractivity contribution < 1.29 is 17.9 Å². The van der Waals surface area contributed by atoms with E-state index in [1.165, 1.54) is 31.2 Å². The molecule has 1 aromatic carbocycles. The monoisotopic (exact) mass is 277 g/mol.